The van der Waals surface area contributed by atoms with Gasteiger partial charge in [0, 0.05) is 30.9 Å². The van der Waals surface area contributed by atoms with Crippen LogP contribution >= 0.6 is 0 Å². The number of rotatable bonds is 5. The molecule has 0 aliphatic carbocycles. The Morgan fingerprint density at radius 1 is 1.40 bits per heavy atom. The fourth-order valence-corrected chi connectivity index (χ4v) is 4.50. The Kier molecular flexibility index (Phi) is 4.82. The summed E-state index contributed by atoms with van der Waals surface area (Å²) in [5.74, 6) is 0.654. The summed E-state index contributed by atoms with van der Waals surface area (Å²) in [5, 5.41) is 6.78. The van der Waals surface area contributed by atoms with Crippen LogP contribution in [0.15, 0.2) is 5.03 Å². The fourth-order valence-electron chi connectivity index (χ4n) is 2.85. The molecule has 7 heteroatoms. The van der Waals surface area contributed by atoms with Gasteiger partial charge in [-0.1, -0.05) is 19.8 Å². The lowest BCUT2D eigenvalue weighted by atomic mass is 9.94. The van der Waals surface area contributed by atoms with Gasteiger partial charge in [0.25, 0.3) is 10.0 Å². The maximum atomic E-state index is 12.6. The van der Waals surface area contributed by atoms with Crippen molar-refractivity contribution in [1.29, 1.82) is 0 Å². The molecule has 3 N–H and O–H groups in total. The van der Waals surface area contributed by atoms with Crippen molar-refractivity contribution < 1.29 is 8.42 Å². The Morgan fingerprint density at radius 2 is 2.05 bits per heavy atom. The van der Waals surface area contributed by atoms with Gasteiger partial charge in [0.1, 0.15) is 0 Å². The molecule has 0 radical (unpaired) electrons. The molecule has 1 fully saturated rings. The first-order valence-electron chi connectivity index (χ1n) is 7.24. The van der Waals surface area contributed by atoms with Gasteiger partial charge in [0.05, 0.1) is 0 Å². The number of aromatic amines is 1. The average molecular weight is 300 g/mol. The molecule has 6 nitrogen and oxygen atoms in total. The van der Waals surface area contributed by atoms with E-state index in [0.717, 1.165) is 25.0 Å². The lowest BCUT2D eigenvalue weighted by Gasteiger charge is -2.30. The minimum atomic E-state index is -3.51. The fraction of sp³-hybridized carbons (Fsp3) is 0.769. The molecule has 1 aliphatic heterocycles. The summed E-state index contributed by atoms with van der Waals surface area (Å²) in [6.07, 6.45) is 4.22. The number of piperidine rings is 1. The van der Waals surface area contributed by atoms with Crippen LogP contribution in [0.2, 0.25) is 0 Å². The quantitative estimate of drug-likeness (QED) is 0.859. The summed E-state index contributed by atoms with van der Waals surface area (Å²) in [6, 6.07) is 0. The third kappa shape index (κ3) is 2.89. The number of sulfonamides is 1. The number of H-pyrrole nitrogens is 1. The average Bonchev–Trinajstić information content (AvgIpc) is 2.81. The number of nitrogens with zero attached hydrogens (tertiary/aromatic N) is 2. The Balaban J connectivity index is 2.15. The second kappa shape index (κ2) is 6.24. The summed E-state index contributed by atoms with van der Waals surface area (Å²) >= 11 is 0. The summed E-state index contributed by atoms with van der Waals surface area (Å²) < 4.78 is 26.8. The van der Waals surface area contributed by atoms with Gasteiger partial charge in [-0.2, -0.15) is 9.40 Å². The number of aryl methyl sites for hydroxylation is 1. The summed E-state index contributed by atoms with van der Waals surface area (Å²) in [7, 11) is -3.51. The van der Waals surface area contributed by atoms with Crippen LogP contribution < -0.4 is 5.73 Å². The van der Waals surface area contributed by atoms with Crippen LogP contribution in [-0.4, -0.2) is 36.0 Å². The van der Waals surface area contributed by atoms with Crippen LogP contribution in [0.4, 0.5) is 0 Å². The Morgan fingerprint density at radius 3 is 2.60 bits per heavy atom. The van der Waals surface area contributed by atoms with Crippen LogP contribution in [0.1, 0.15) is 43.9 Å². The first-order valence-corrected chi connectivity index (χ1v) is 8.68. The maximum Gasteiger partial charge on any atom is 0.262 e. The van der Waals surface area contributed by atoms with Gasteiger partial charge in [-0.15, -0.1) is 0 Å². The highest BCUT2D eigenvalue weighted by molar-refractivity contribution is 7.89. The molecule has 0 saturated carbocycles. The lowest BCUT2D eigenvalue weighted by Crippen LogP contribution is -2.39. The van der Waals surface area contributed by atoms with Crippen molar-refractivity contribution in [2.45, 2.75) is 51.1 Å². The minimum absolute atomic E-state index is 0.103. The molecule has 0 atom stereocenters. The molecule has 0 aromatic carbocycles. The zero-order chi connectivity index (χ0) is 14.8. The van der Waals surface area contributed by atoms with Crippen LogP contribution in [0.25, 0.3) is 0 Å². The molecule has 0 unspecified atom stereocenters. The highest BCUT2D eigenvalue weighted by Crippen LogP contribution is 2.27. The second-order valence-corrected chi connectivity index (χ2v) is 7.33. The molecule has 114 valence electrons. The van der Waals surface area contributed by atoms with Gasteiger partial charge >= 0.3 is 0 Å². The van der Waals surface area contributed by atoms with Crippen LogP contribution in [0.5, 0.6) is 0 Å². The van der Waals surface area contributed by atoms with Crippen LogP contribution in [0.3, 0.4) is 0 Å². The topological polar surface area (TPSA) is 92.1 Å². The summed E-state index contributed by atoms with van der Waals surface area (Å²) in [6.45, 7) is 5.32. The molecule has 0 spiro atoms. The minimum Gasteiger partial charge on any atom is -0.326 e. The maximum absolute atomic E-state index is 12.6. The van der Waals surface area contributed by atoms with E-state index >= 15 is 0 Å². The Hall–Kier alpha value is -0.920. The molecule has 0 amide bonds. The third-order valence-electron chi connectivity index (χ3n) is 4.09. The Labute approximate surface area is 120 Å². The van der Waals surface area contributed by atoms with E-state index in [1.54, 1.807) is 11.2 Å². The van der Waals surface area contributed by atoms with E-state index < -0.39 is 10.0 Å². The molecule has 1 aromatic rings. The van der Waals surface area contributed by atoms with Crippen molar-refractivity contribution in [1.82, 2.24) is 14.5 Å². The van der Waals surface area contributed by atoms with Gasteiger partial charge in [-0.25, -0.2) is 8.42 Å². The van der Waals surface area contributed by atoms with E-state index in [0.29, 0.717) is 24.6 Å². The number of aromatic nitrogens is 2. The van der Waals surface area contributed by atoms with Gasteiger partial charge < -0.3 is 5.73 Å². The van der Waals surface area contributed by atoms with E-state index in [1.807, 2.05) is 0 Å². The molecule has 20 heavy (non-hydrogen) atoms. The van der Waals surface area contributed by atoms with Crippen molar-refractivity contribution in [2.24, 2.45) is 11.7 Å². The number of hydrogen-bond donors (Lipinski definition) is 2. The standard InChI is InChI=1S/C13H24N4O2S/c1-3-4-11-5-7-17(8-6-11)20(18,19)13-12(9-14)10(2)15-16-13/h11H,3-9,14H2,1-2H3,(H,15,16). The SMILES string of the molecule is CCCC1CCN(S(=O)(=O)c2n[nH]c(C)c2CN)CC1. The highest BCUT2D eigenvalue weighted by Gasteiger charge is 2.32. The zero-order valence-corrected chi connectivity index (χ0v) is 13.0. The van der Waals surface area contributed by atoms with Crippen molar-refractivity contribution in [3.8, 4) is 0 Å². The largest absolute Gasteiger partial charge is 0.326 e. The van der Waals surface area contributed by atoms with Crippen molar-refractivity contribution >= 4 is 10.0 Å². The first kappa shape index (κ1) is 15.5. The predicted molar refractivity (Wildman–Crippen MR) is 77.6 cm³/mol. The monoisotopic (exact) mass is 300 g/mol. The lowest BCUT2D eigenvalue weighted by molar-refractivity contribution is 0.262. The number of hydrogen-bond acceptors (Lipinski definition) is 4. The molecule has 0 bridgehead atoms. The molecular formula is C13H24N4O2S. The van der Waals surface area contributed by atoms with E-state index in [9.17, 15) is 8.42 Å². The van der Waals surface area contributed by atoms with Gasteiger partial charge in [0.15, 0.2) is 5.03 Å². The molecular weight excluding hydrogens is 276 g/mol. The van der Waals surface area contributed by atoms with Crippen LogP contribution in [-0.2, 0) is 16.6 Å². The van der Waals surface area contributed by atoms with Crippen molar-refractivity contribution in [3.63, 3.8) is 0 Å². The summed E-state index contributed by atoms with van der Waals surface area (Å²) in [5.41, 5.74) is 6.97. The molecule has 2 rings (SSSR count). The molecule has 1 saturated heterocycles. The molecule has 2 heterocycles. The van der Waals surface area contributed by atoms with E-state index in [4.69, 9.17) is 5.73 Å². The Bertz CT molecular complexity index is 545. The highest BCUT2D eigenvalue weighted by atomic mass is 32.2. The second-order valence-electron chi connectivity index (χ2n) is 5.47. The molecule has 1 aromatic heterocycles. The summed E-state index contributed by atoms with van der Waals surface area (Å²) in [4.78, 5) is 0. The van der Waals surface area contributed by atoms with E-state index in [2.05, 4.69) is 17.1 Å². The van der Waals surface area contributed by atoms with E-state index in [1.165, 1.54) is 6.42 Å². The first-order chi connectivity index (χ1) is 9.50. The van der Waals surface area contributed by atoms with Crippen molar-refractivity contribution in [2.75, 3.05) is 13.1 Å². The van der Waals surface area contributed by atoms with Crippen molar-refractivity contribution in [3.05, 3.63) is 11.3 Å². The normalized spacial score (nSPS) is 18.6. The third-order valence-corrected chi connectivity index (χ3v) is 5.97. The van der Waals surface area contributed by atoms with Crippen LogP contribution in [0, 0.1) is 12.8 Å². The number of nitrogens with one attached hydrogen (secondary N) is 1. The van der Waals surface area contributed by atoms with E-state index in [-0.39, 0.29) is 11.6 Å². The zero-order valence-electron chi connectivity index (χ0n) is 12.2. The smallest absolute Gasteiger partial charge is 0.262 e. The van der Waals surface area contributed by atoms with Gasteiger partial charge in [-0.05, 0) is 25.7 Å². The predicted octanol–water partition coefficient (Wildman–Crippen LogP) is 1.38. The number of nitrogens with two attached hydrogens (primary N) is 1. The van der Waals surface area contributed by atoms with Gasteiger partial charge in [0.2, 0.25) is 0 Å². The molecule has 1 aliphatic rings. The van der Waals surface area contributed by atoms with Gasteiger partial charge in [-0.3, -0.25) is 5.10 Å².